The molecular formula is C13H12BrFN2. The molecular weight excluding hydrogens is 283 g/mol. The van der Waals surface area contributed by atoms with Gasteiger partial charge in [-0.25, -0.2) is 4.39 Å². The molecule has 0 atom stereocenters. The first-order valence-corrected chi connectivity index (χ1v) is 6.48. The minimum Gasteiger partial charge on any atom is -0.310 e. The highest BCUT2D eigenvalue weighted by Gasteiger charge is 2.23. The Labute approximate surface area is 108 Å². The fourth-order valence-corrected chi connectivity index (χ4v) is 2.72. The quantitative estimate of drug-likeness (QED) is 0.861. The minimum atomic E-state index is -0.0321. The standard InChI is InChI=1S/C13H12BrFN2/c14-8-5-11-9(1-2-13(11)17-6-8)10-3-4-16-7-12(10)15/h1,5-6,16H,2-4,7H2. The maximum Gasteiger partial charge on any atom is 0.118 e. The molecule has 0 amide bonds. The maximum absolute atomic E-state index is 13.8. The molecule has 0 bridgehead atoms. The molecule has 0 saturated heterocycles. The van der Waals surface area contributed by atoms with Crippen molar-refractivity contribution in [3.05, 3.63) is 45.5 Å². The number of fused-ring (bicyclic) bond motifs is 1. The van der Waals surface area contributed by atoms with E-state index in [2.05, 4.69) is 32.3 Å². The molecule has 0 spiro atoms. The number of hydrogen-bond donors (Lipinski definition) is 1. The van der Waals surface area contributed by atoms with Crippen LogP contribution in [0.15, 0.2) is 34.2 Å². The van der Waals surface area contributed by atoms with Gasteiger partial charge in [-0.15, -0.1) is 0 Å². The summed E-state index contributed by atoms with van der Waals surface area (Å²) in [5.74, 6) is -0.0321. The molecule has 0 aromatic carbocycles. The normalized spacial score (nSPS) is 19.3. The Balaban J connectivity index is 2.06. The van der Waals surface area contributed by atoms with Crippen molar-refractivity contribution in [2.45, 2.75) is 12.8 Å². The first kappa shape index (κ1) is 11.1. The molecule has 2 aliphatic rings. The van der Waals surface area contributed by atoms with E-state index >= 15 is 0 Å². The largest absolute Gasteiger partial charge is 0.310 e. The number of nitrogens with one attached hydrogen (secondary N) is 1. The summed E-state index contributed by atoms with van der Waals surface area (Å²) in [6.07, 6.45) is 5.44. The molecule has 17 heavy (non-hydrogen) atoms. The Morgan fingerprint density at radius 1 is 1.41 bits per heavy atom. The number of allylic oxidation sites excluding steroid dienone is 2. The van der Waals surface area contributed by atoms with Crippen LogP contribution in [-0.2, 0) is 6.42 Å². The zero-order valence-electron chi connectivity index (χ0n) is 9.26. The Hall–Kier alpha value is -1.00. The predicted octanol–water partition coefficient (Wildman–Crippen LogP) is 3.00. The second kappa shape index (κ2) is 4.35. The van der Waals surface area contributed by atoms with Crippen molar-refractivity contribution in [2.75, 3.05) is 13.1 Å². The van der Waals surface area contributed by atoms with E-state index in [4.69, 9.17) is 0 Å². The topological polar surface area (TPSA) is 24.9 Å². The van der Waals surface area contributed by atoms with Gasteiger partial charge in [-0.1, -0.05) is 6.08 Å². The van der Waals surface area contributed by atoms with E-state index in [1.165, 1.54) is 0 Å². The second-order valence-corrected chi connectivity index (χ2v) is 5.20. The third kappa shape index (κ3) is 1.96. The van der Waals surface area contributed by atoms with E-state index in [-0.39, 0.29) is 5.83 Å². The highest BCUT2D eigenvalue weighted by atomic mass is 79.9. The van der Waals surface area contributed by atoms with E-state index in [0.29, 0.717) is 6.54 Å². The third-order valence-electron chi connectivity index (χ3n) is 3.21. The van der Waals surface area contributed by atoms with Crippen molar-refractivity contribution in [1.82, 2.24) is 10.3 Å². The van der Waals surface area contributed by atoms with Crippen molar-refractivity contribution >= 4 is 21.5 Å². The fraction of sp³-hybridized carbons (Fsp3) is 0.308. The zero-order chi connectivity index (χ0) is 11.8. The van der Waals surface area contributed by atoms with Gasteiger partial charge in [0.15, 0.2) is 0 Å². The molecule has 88 valence electrons. The summed E-state index contributed by atoms with van der Waals surface area (Å²) in [7, 11) is 0. The maximum atomic E-state index is 13.8. The molecule has 1 aromatic heterocycles. The second-order valence-electron chi connectivity index (χ2n) is 4.28. The van der Waals surface area contributed by atoms with Crippen LogP contribution in [0.3, 0.4) is 0 Å². The SMILES string of the molecule is FC1=C(C2=CCc3ncc(Br)cc32)CCNC1. The average molecular weight is 295 g/mol. The van der Waals surface area contributed by atoms with Crippen LogP contribution in [0.1, 0.15) is 17.7 Å². The number of halogens is 2. The molecule has 2 nitrogen and oxygen atoms in total. The molecule has 0 saturated carbocycles. The number of nitrogens with zero attached hydrogens (tertiary/aromatic N) is 1. The zero-order valence-corrected chi connectivity index (χ0v) is 10.8. The smallest absolute Gasteiger partial charge is 0.118 e. The molecule has 1 aliphatic carbocycles. The van der Waals surface area contributed by atoms with Crippen molar-refractivity contribution in [3.63, 3.8) is 0 Å². The van der Waals surface area contributed by atoms with Crippen LogP contribution in [0.4, 0.5) is 4.39 Å². The minimum absolute atomic E-state index is 0.0321. The van der Waals surface area contributed by atoms with Gasteiger partial charge in [0.05, 0.1) is 5.69 Å². The molecule has 1 N–H and O–H groups in total. The van der Waals surface area contributed by atoms with Crippen LogP contribution in [0.25, 0.3) is 5.57 Å². The third-order valence-corrected chi connectivity index (χ3v) is 3.64. The summed E-state index contributed by atoms with van der Waals surface area (Å²) in [5.41, 5.74) is 4.00. The van der Waals surface area contributed by atoms with Gasteiger partial charge in [-0.2, -0.15) is 0 Å². The molecule has 0 fully saturated rings. The number of hydrogen-bond acceptors (Lipinski definition) is 2. The lowest BCUT2D eigenvalue weighted by Crippen LogP contribution is -2.23. The number of pyridine rings is 1. The molecule has 1 aromatic rings. The van der Waals surface area contributed by atoms with Crippen LogP contribution in [0.2, 0.25) is 0 Å². The first-order chi connectivity index (χ1) is 8.25. The van der Waals surface area contributed by atoms with Gasteiger partial charge < -0.3 is 5.32 Å². The Morgan fingerprint density at radius 3 is 3.12 bits per heavy atom. The summed E-state index contributed by atoms with van der Waals surface area (Å²) < 4.78 is 14.8. The van der Waals surface area contributed by atoms with E-state index in [9.17, 15) is 4.39 Å². The lowest BCUT2D eigenvalue weighted by Gasteiger charge is -2.18. The summed E-state index contributed by atoms with van der Waals surface area (Å²) >= 11 is 3.42. The molecule has 3 rings (SSSR count). The lowest BCUT2D eigenvalue weighted by molar-refractivity contribution is 0.533. The van der Waals surface area contributed by atoms with Crippen molar-refractivity contribution < 1.29 is 4.39 Å². The average Bonchev–Trinajstić information content (AvgIpc) is 2.72. The van der Waals surface area contributed by atoms with Crippen LogP contribution < -0.4 is 5.32 Å². The fourth-order valence-electron chi connectivity index (χ4n) is 2.39. The van der Waals surface area contributed by atoms with Gasteiger partial charge in [0, 0.05) is 29.2 Å². The highest BCUT2D eigenvalue weighted by Crippen LogP contribution is 2.36. The summed E-state index contributed by atoms with van der Waals surface area (Å²) in [5, 5.41) is 3.04. The van der Waals surface area contributed by atoms with Crippen LogP contribution in [0.5, 0.6) is 0 Å². The molecule has 1 aliphatic heterocycles. The van der Waals surface area contributed by atoms with Gasteiger partial charge in [-0.05, 0) is 46.1 Å². The van der Waals surface area contributed by atoms with Gasteiger partial charge in [-0.3, -0.25) is 4.98 Å². The van der Waals surface area contributed by atoms with Crippen LogP contribution in [-0.4, -0.2) is 18.1 Å². The monoisotopic (exact) mass is 294 g/mol. The van der Waals surface area contributed by atoms with E-state index in [1.807, 2.05) is 6.07 Å². The van der Waals surface area contributed by atoms with Gasteiger partial charge in [0.25, 0.3) is 0 Å². The Morgan fingerprint density at radius 2 is 2.29 bits per heavy atom. The summed E-state index contributed by atoms with van der Waals surface area (Å²) in [6.45, 7) is 1.19. The van der Waals surface area contributed by atoms with Crippen molar-refractivity contribution in [2.24, 2.45) is 0 Å². The Kier molecular flexibility index (Phi) is 2.84. The summed E-state index contributed by atoms with van der Waals surface area (Å²) in [4.78, 5) is 4.37. The molecule has 2 heterocycles. The number of rotatable bonds is 1. The van der Waals surface area contributed by atoms with E-state index in [1.54, 1.807) is 6.20 Å². The van der Waals surface area contributed by atoms with E-state index in [0.717, 1.165) is 46.3 Å². The van der Waals surface area contributed by atoms with E-state index < -0.39 is 0 Å². The van der Waals surface area contributed by atoms with Gasteiger partial charge in [0.1, 0.15) is 5.83 Å². The number of aromatic nitrogens is 1. The van der Waals surface area contributed by atoms with Gasteiger partial charge >= 0.3 is 0 Å². The lowest BCUT2D eigenvalue weighted by atomic mass is 9.96. The molecule has 0 unspecified atom stereocenters. The summed E-state index contributed by atoms with van der Waals surface area (Å²) in [6, 6.07) is 2.03. The van der Waals surface area contributed by atoms with Crippen molar-refractivity contribution in [1.29, 1.82) is 0 Å². The first-order valence-electron chi connectivity index (χ1n) is 5.69. The molecule has 4 heteroatoms. The Bertz CT molecular complexity index is 534. The highest BCUT2D eigenvalue weighted by molar-refractivity contribution is 9.10. The van der Waals surface area contributed by atoms with Crippen molar-refractivity contribution in [3.8, 4) is 0 Å². The van der Waals surface area contributed by atoms with Crippen LogP contribution >= 0.6 is 15.9 Å². The van der Waals surface area contributed by atoms with Gasteiger partial charge in [0.2, 0.25) is 0 Å². The molecule has 0 radical (unpaired) electrons. The predicted molar refractivity (Wildman–Crippen MR) is 69.2 cm³/mol. The van der Waals surface area contributed by atoms with Crippen LogP contribution in [0, 0.1) is 0 Å².